The molecule has 2 aromatic rings. The Bertz CT molecular complexity index is 642. The van der Waals surface area contributed by atoms with Crippen molar-refractivity contribution in [1.82, 2.24) is 9.38 Å². The number of fused-ring (bicyclic) bond motifs is 1. The van der Waals surface area contributed by atoms with Gasteiger partial charge in [0.15, 0.2) is 11.5 Å². The highest BCUT2D eigenvalue weighted by Gasteiger charge is 2.26. The van der Waals surface area contributed by atoms with Gasteiger partial charge in [-0.15, -0.1) is 0 Å². The molecule has 0 unspecified atom stereocenters. The molecule has 112 valence electrons. The molecule has 1 saturated carbocycles. The molecule has 5 heteroatoms. The van der Waals surface area contributed by atoms with Gasteiger partial charge in [-0.05, 0) is 25.0 Å². The molecule has 2 aromatic heterocycles. The largest absolute Gasteiger partial charge is 0.476 e. The number of hydrogen-bond acceptors (Lipinski definition) is 3. The first-order chi connectivity index (χ1) is 10.2. The highest BCUT2D eigenvalue weighted by molar-refractivity contribution is 5.93. The van der Waals surface area contributed by atoms with Crippen LogP contribution in [0.25, 0.3) is 5.65 Å². The van der Waals surface area contributed by atoms with E-state index in [0.717, 1.165) is 12.8 Å². The first-order valence-corrected chi connectivity index (χ1v) is 7.61. The van der Waals surface area contributed by atoms with Crippen molar-refractivity contribution >= 4 is 17.4 Å². The van der Waals surface area contributed by atoms with Crippen LogP contribution < -0.4 is 4.90 Å². The number of rotatable bonds is 3. The summed E-state index contributed by atoms with van der Waals surface area (Å²) in [5.41, 5.74) is 0.947. The lowest BCUT2D eigenvalue weighted by Crippen LogP contribution is -2.32. The van der Waals surface area contributed by atoms with E-state index in [1.807, 2.05) is 25.2 Å². The number of imidazole rings is 1. The molecule has 0 aromatic carbocycles. The third-order valence-corrected chi connectivity index (χ3v) is 4.42. The van der Waals surface area contributed by atoms with E-state index in [1.165, 1.54) is 25.7 Å². The van der Waals surface area contributed by atoms with Gasteiger partial charge in [-0.25, -0.2) is 9.78 Å². The fraction of sp³-hybridized carbons (Fsp3) is 0.500. The van der Waals surface area contributed by atoms with Gasteiger partial charge >= 0.3 is 5.97 Å². The van der Waals surface area contributed by atoms with Crippen LogP contribution >= 0.6 is 0 Å². The van der Waals surface area contributed by atoms with Gasteiger partial charge in [-0.2, -0.15) is 0 Å². The van der Waals surface area contributed by atoms with Gasteiger partial charge in [0.25, 0.3) is 0 Å². The molecule has 0 atom stereocenters. The molecule has 0 spiro atoms. The molecule has 1 fully saturated rings. The van der Waals surface area contributed by atoms with Gasteiger partial charge in [-0.1, -0.05) is 31.7 Å². The third-order valence-electron chi connectivity index (χ3n) is 4.42. The molecule has 21 heavy (non-hydrogen) atoms. The molecule has 1 N–H and O–H groups in total. The van der Waals surface area contributed by atoms with E-state index in [9.17, 15) is 9.90 Å². The van der Waals surface area contributed by atoms with E-state index in [2.05, 4.69) is 9.88 Å². The summed E-state index contributed by atoms with van der Waals surface area (Å²) in [7, 11) is 1.98. The maximum Gasteiger partial charge on any atom is 0.356 e. The van der Waals surface area contributed by atoms with Gasteiger partial charge < -0.3 is 10.0 Å². The summed E-state index contributed by atoms with van der Waals surface area (Å²) < 4.78 is 1.66. The summed E-state index contributed by atoms with van der Waals surface area (Å²) in [4.78, 5) is 18.3. The topological polar surface area (TPSA) is 57.8 Å². The molecule has 1 aliphatic rings. The van der Waals surface area contributed by atoms with Crippen molar-refractivity contribution in [2.75, 3.05) is 11.9 Å². The lowest BCUT2D eigenvalue weighted by Gasteiger charge is -2.27. The van der Waals surface area contributed by atoms with Crippen LogP contribution in [0.15, 0.2) is 24.4 Å². The molecular weight excluding hydrogens is 266 g/mol. The highest BCUT2D eigenvalue weighted by atomic mass is 16.4. The standard InChI is InChI=1S/C16H21N3O2/c1-18(12-8-4-2-3-5-9-12)15-14(16(20)21)19-11-7-6-10-13(19)17-15/h6-7,10-12H,2-5,8-9H2,1H3,(H,20,21). The number of anilines is 1. The van der Waals surface area contributed by atoms with Crippen molar-refractivity contribution in [3.05, 3.63) is 30.1 Å². The van der Waals surface area contributed by atoms with Crippen molar-refractivity contribution in [3.8, 4) is 0 Å². The predicted octanol–water partition coefficient (Wildman–Crippen LogP) is 3.19. The van der Waals surface area contributed by atoms with E-state index in [4.69, 9.17) is 0 Å². The lowest BCUT2D eigenvalue weighted by atomic mass is 10.1. The highest BCUT2D eigenvalue weighted by Crippen LogP contribution is 2.28. The maximum absolute atomic E-state index is 11.7. The summed E-state index contributed by atoms with van der Waals surface area (Å²) in [5.74, 6) is -0.343. The van der Waals surface area contributed by atoms with Gasteiger partial charge in [0, 0.05) is 19.3 Å². The van der Waals surface area contributed by atoms with Crippen molar-refractivity contribution in [1.29, 1.82) is 0 Å². The SMILES string of the molecule is CN(c1nc2ccccn2c1C(=O)O)C1CCCCCC1. The Morgan fingerprint density at radius 1 is 1.29 bits per heavy atom. The normalized spacial score (nSPS) is 16.8. The molecule has 3 rings (SSSR count). The third kappa shape index (κ3) is 2.60. The van der Waals surface area contributed by atoms with E-state index in [0.29, 0.717) is 17.5 Å². The van der Waals surface area contributed by atoms with Gasteiger partial charge in [0.1, 0.15) is 5.65 Å². The van der Waals surface area contributed by atoms with Gasteiger partial charge in [0.05, 0.1) is 0 Å². The molecule has 0 amide bonds. The number of hydrogen-bond donors (Lipinski definition) is 1. The monoisotopic (exact) mass is 287 g/mol. The van der Waals surface area contributed by atoms with Crippen LogP contribution in [0.1, 0.15) is 49.0 Å². The van der Waals surface area contributed by atoms with Crippen molar-refractivity contribution < 1.29 is 9.90 Å². The molecule has 1 aliphatic carbocycles. The first kappa shape index (κ1) is 13.9. The van der Waals surface area contributed by atoms with Crippen LogP contribution in [0.4, 0.5) is 5.82 Å². The fourth-order valence-corrected chi connectivity index (χ4v) is 3.25. The van der Waals surface area contributed by atoms with Gasteiger partial charge in [0.2, 0.25) is 0 Å². The quantitative estimate of drug-likeness (QED) is 0.881. The molecule has 2 heterocycles. The number of nitrogens with zero attached hydrogens (tertiary/aromatic N) is 3. The van der Waals surface area contributed by atoms with E-state index in [-0.39, 0.29) is 5.69 Å². The van der Waals surface area contributed by atoms with Crippen LogP contribution in [0.2, 0.25) is 0 Å². The number of carboxylic acids is 1. The van der Waals surface area contributed by atoms with Crippen molar-refractivity contribution in [2.45, 2.75) is 44.6 Å². The minimum atomic E-state index is -0.927. The Labute approximate surface area is 124 Å². The second kappa shape index (κ2) is 5.76. The Kier molecular flexibility index (Phi) is 3.82. The van der Waals surface area contributed by atoms with Crippen LogP contribution in [-0.4, -0.2) is 33.6 Å². The van der Waals surface area contributed by atoms with Crippen LogP contribution in [0.3, 0.4) is 0 Å². The van der Waals surface area contributed by atoms with E-state index < -0.39 is 5.97 Å². The van der Waals surface area contributed by atoms with E-state index >= 15 is 0 Å². The zero-order valence-corrected chi connectivity index (χ0v) is 12.3. The number of carbonyl (C=O) groups is 1. The minimum Gasteiger partial charge on any atom is -0.476 e. The zero-order chi connectivity index (χ0) is 14.8. The van der Waals surface area contributed by atoms with Crippen molar-refractivity contribution in [3.63, 3.8) is 0 Å². The Balaban J connectivity index is 2.02. The lowest BCUT2D eigenvalue weighted by molar-refractivity contribution is 0.0690. The van der Waals surface area contributed by atoms with Gasteiger partial charge in [-0.3, -0.25) is 4.40 Å². The number of pyridine rings is 1. The summed E-state index contributed by atoms with van der Waals surface area (Å²) in [6.07, 6.45) is 8.97. The first-order valence-electron chi connectivity index (χ1n) is 7.61. The molecule has 5 nitrogen and oxygen atoms in total. The Morgan fingerprint density at radius 2 is 2.00 bits per heavy atom. The van der Waals surface area contributed by atoms with Crippen LogP contribution in [0.5, 0.6) is 0 Å². The smallest absolute Gasteiger partial charge is 0.356 e. The van der Waals surface area contributed by atoms with E-state index in [1.54, 1.807) is 10.6 Å². The minimum absolute atomic E-state index is 0.261. The van der Waals surface area contributed by atoms with Crippen LogP contribution in [-0.2, 0) is 0 Å². The molecular formula is C16H21N3O2. The summed E-state index contributed by atoms with van der Waals surface area (Å²) in [6.45, 7) is 0. The molecule has 0 radical (unpaired) electrons. The molecule has 0 bridgehead atoms. The molecule has 0 saturated heterocycles. The maximum atomic E-state index is 11.7. The predicted molar refractivity (Wildman–Crippen MR) is 82.0 cm³/mol. The van der Waals surface area contributed by atoms with Crippen molar-refractivity contribution in [2.24, 2.45) is 0 Å². The second-order valence-electron chi connectivity index (χ2n) is 5.77. The van der Waals surface area contributed by atoms with Crippen LogP contribution in [0, 0.1) is 0 Å². The Hall–Kier alpha value is -2.04. The summed E-state index contributed by atoms with van der Waals surface area (Å²) in [5, 5.41) is 9.57. The second-order valence-corrected chi connectivity index (χ2v) is 5.77. The zero-order valence-electron chi connectivity index (χ0n) is 12.3. The number of carboxylic acid groups (broad SMARTS) is 1. The average Bonchev–Trinajstić information content (AvgIpc) is 2.66. The summed E-state index contributed by atoms with van der Waals surface area (Å²) >= 11 is 0. The number of aromatic nitrogens is 2. The fourth-order valence-electron chi connectivity index (χ4n) is 3.25. The number of aromatic carboxylic acids is 1. The summed E-state index contributed by atoms with van der Waals surface area (Å²) in [6, 6.07) is 5.94. The molecule has 0 aliphatic heterocycles. The average molecular weight is 287 g/mol. The Morgan fingerprint density at radius 3 is 2.67 bits per heavy atom.